The van der Waals surface area contributed by atoms with E-state index in [1.54, 1.807) is 0 Å². The van der Waals surface area contributed by atoms with Gasteiger partial charge >= 0.3 is 37.7 Å². The van der Waals surface area contributed by atoms with Crippen LogP contribution in [0.5, 0.6) is 0 Å². The van der Waals surface area contributed by atoms with Gasteiger partial charge in [-0.2, -0.15) is 0 Å². The minimum Gasteiger partial charge on any atom is -0.760 e. The molecule has 0 amide bonds. The molecule has 0 saturated carbocycles. The maximum atomic E-state index is 4.68. The second kappa shape index (κ2) is 4.57. The maximum Gasteiger partial charge on any atom is 2.00 e. The molecule has 1 aromatic rings. The van der Waals surface area contributed by atoms with E-state index in [1.807, 2.05) is 0 Å². The molecule has 42 valence electrons. The first-order valence-corrected chi connectivity index (χ1v) is 2.77. The van der Waals surface area contributed by atoms with E-state index in [0.717, 1.165) is 0 Å². The molecule has 0 radical (unpaired) electrons. The zero-order chi connectivity index (χ0) is 5.98. The van der Waals surface area contributed by atoms with Crippen molar-refractivity contribution in [2.75, 3.05) is 0 Å². The number of hydrogen-bond acceptors (Lipinski definition) is 4. The second-order valence-corrected chi connectivity index (χ2v) is 1.94. The van der Waals surface area contributed by atoms with Crippen LogP contribution >= 0.6 is 0 Å². The molecule has 0 saturated heterocycles. The Hall–Kier alpha value is 0.780. The molecular formula is C4H2CaN2S2. The van der Waals surface area contributed by atoms with Crippen molar-refractivity contribution in [2.45, 2.75) is 10.1 Å². The van der Waals surface area contributed by atoms with Crippen LogP contribution in [-0.4, -0.2) is 47.7 Å². The van der Waals surface area contributed by atoms with Gasteiger partial charge in [0, 0.05) is 12.4 Å². The van der Waals surface area contributed by atoms with Crippen LogP contribution in [0.4, 0.5) is 0 Å². The zero-order valence-electron chi connectivity index (χ0n) is 4.57. The van der Waals surface area contributed by atoms with E-state index in [2.05, 4.69) is 35.2 Å². The van der Waals surface area contributed by atoms with E-state index in [1.165, 1.54) is 12.4 Å². The van der Waals surface area contributed by atoms with Gasteiger partial charge in [-0.15, -0.1) is 0 Å². The summed E-state index contributed by atoms with van der Waals surface area (Å²) in [7, 11) is 0. The fourth-order valence-electron chi connectivity index (χ4n) is 0.312. The van der Waals surface area contributed by atoms with E-state index < -0.39 is 0 Å². The van der Waals surface area contributed by atoms with Crippen LogP contribution in [0.15, 0.2) is 22.4 Å². The maximum absolute atomic E-state index is 4.68. The second-order valence-electron chi connectivity index (χ2n) is 1.17. The molecule has 0 fully saturated rings. The fourth-order valence-corrected chi connectivity index (χ4v) is 0.540. The van der Waals surface area contributed by atoms with Gasteiger partial charge in [0.2, 0.25) is 0 Å². The topological polar surface area (TPSA) is 25.8 Å². The summed E-state index contributed by atoms with van der Waals surface area (Å²) in [4.78, 5) is 7.45. The summed E-state index contributed by atoms with van der Waals surface area (Å²) >= 11 is 9.35. The average molecular weight is 182 g/mol. The average Bonchev–Trinajstić information content (AvgIpc) is 1.77. The fraction of sp³-hybridized carbons (Fsp3) is 0. The van der Waals surface area contributed by atoms with Crippen molar-refractivity contribution < 1.29 is 0 Å². The van der Waals surface area contributed by atoms with Crippen molar-refractivity contribution in [1.82, 2.24) is 9.97 Å². The molecule has 0 aliphatic carbocycles. The minimum absolute atomic E-state index is 0. The van der Waals surface area contributed by atoms with Crippen molar-refractivity contribution in [3.8, 4) is 0 Å². The van der Waals surface area contributed by atoms with Gasteiger partial charge in [0.1, 0.15) is 0 Å². The van der Waals surface area contributed by atoms with E-state index in [0.29, 0.717) is 10.1 Å². The normalized spacial score (nSPS) is 8.00. The van der Waals surface area contributed by atoms with Gasteiger partial charge in [0.05, 0.1) is 0 Å². The summed E-state index contributed by atoms with van der Waals surface area (Å²) in [5.41, 5.74) is 0. The summed E-state index contributed by atoms with van der Waals surface area (Å²) < 4.78 is 0. The Balaban J connectivity index is 0.000000640. The third kappa shape index (κ3) is 2.91. The molecule has 0 bridgehead atoms. The third-order valence-corrected chi connectivity index (χ3v) is 1.36. The number of aromatic nitrogens is 2. The van der Waals surface area contributed by atoms with Crippen molar-refractivity contribution in [3.63, 3.8) is 0 Å². The Kier molecular flexibility index (Phi) is 4.97. The van der Waals surface area contributed by atoms with Gasteiger partial charge in [-0.25, -0.2) is 0 Å². The minimum atomic E-state index is 0. The SMILES string of the molecule is [Ca+2].[S-]c1nccnc1[S-]. The molecule has 2 nitrogen and oxygen atoms in total. The molecule has 1 aromatic heterocycles. The van der Waals surface area contributed by atoms with Crippen LogP contribution in [0.3, 0.4) is 0 Å². The quantitative estimate of drug-likeness (QED) is 0.413. The molecule has 0 N–H and O–H groups in total. The van der Waals surface area contributed by atoms with E-state index in [9.17, 15) is 0 Å². The first-order chi connectivity index (χ1) is 3.80. The van der Waals surface area contributed by atoms with Gasteiger partial charge in [0.25, 0.3) is 0 Å². The number of nitrogens with zero attached hydrogens (tertiary/aromatic N) is 2. The van der Waals surface area contributed by atoms with E-state index >= 15 is 0 Å². The van der Waals surface area contributed by atoms with Crippen LogP contribution in [-0.2, 0) is 25.3 Å². The van der Waals surface area contributed by atoms with Crippen LogP contribution in [0, 0.1) is 0 Å². The summed E-state index contributed by atoms with van der Waals surface area (Å²) in [6, 6.07) is 0. The predicted octanol–water partition coefficient (Wildman–Crippen LogP) is -0.0926. The van der Waals surface area contributed by atoms with Crippen molar-refractivity contribution in [2.24, 2.45) is 0 Å². The third-order valence-electron chi connectivity index (χ3n) is 0.633. The van der Waals surface area contributed by atoms with E-state index in [4.69, 9.17) is 0 Å². The standard InChI is InChI=1S/C4H4N2S2.Ca/c7-3-4(8)6-2-1-5-3;/h1-2H,(H,5,7)(H,6,8);/q;+2/p-2. The summed E-state index contributed by atoms with van der Waals surface area (Å²) in [5, 5.41) is 0.810. The summed E-state index contributed by atoms with van der Waals surface area (Å²) in [5.74, 6) is 0. The molecule has 0 aliphatic heterocycles. The molecule has 1 heterocycles. The Labute approximate surface area is 94.3 Å². The Morgan fingerprint density at radius 3 is 1.56 bits per heavy atom. The molecular weight excluding hydrogens is 180 g/mol. The van der Waals surface area contributed by atoms with Crippen LogP contribution < -0.4 is 0 Å². The largest absolute Gasteiger partial charge is 2.00 e. The molecule has 9 heavy (non-hydrogen) atoms. The molecule has 0 spiro atoms. The van der Waals surface area contributed by atoms with Crippen LogP contribution in [0.2, 0.25) is 0 Å². The van der Waals surface area contributed by atoms with Gasteiger partial charge in [0.15, 0.2) is 0 Å². The first-order valence-electron chi connectivity index (χ1n) is 1.96. The summed E-state index contributed by atoms with van der Waals surface area (Å²) in [6.45, 7) is 0. The first kappa shape index (κ1) is 9.78. The van der Waals surface area contributed by atoms with Crippen molar-refractivity contribution >= 4 is 63.0 Å². The molecule has 0 aromatic carbocycles. The Morgan fingerprint density at radius 2 is 1.33 bits per heavy atom. The molecule has 1 rings (SSSR count). The number of rotatable bonds is 0. The molecule has 0 atom stereocenters. The van der Waals surface area contributed by atoms with E-state index in [-0.39, 0.29) is 37.7 Å². The van der Waals surface area contributed by atoms with Gasteiger partial charge in [-0.3, -0.25) is 9.97 Å². The summed E-state index contributed by atoms with van der Waals surface area (Å²) in [6.07, 6.45) is 3.05. The van der Waals surface area contributed by atoms with Crippen LogP contribution in [0.1, 0.15) is 0 Å². The Morgan fingerprint density at radius 1 is 1.00 bits per heavy atom. The van der Waals surface area contributed by atoms with Crippen molar-refractivity contribution in [3.05, 3.63) is 12.4 Å². The molecule has 5 heteroatoms. The number of hydrogen-bond donors (Lipinski definition) is 0. The predicted molar refractivity (Wildman–Crippen MR) is 39.0 cm³/mol. The van der Waals surface area contributed by atoms with Gasteiger partial charge in [-0.1, -0.05) is 10.1 Å². The van der Waals surface area contributed by atoms with Gasteiger partial charge in [-0.05, 0) is 0 Å². The van der Waals surface area contributed by atoms with Gasteiger partial charge < -0.3 is 25.3 Å². The molecule has 0 unspecified atom stereocenters. The Bertz CT molecular complexity index is 173. The zero-order valence-corrected chi connectivity index (χ0v) is 8.41. The van der Waals surface area contributed by atoms with Crippen molar-refractivity contribution in [1.29, 1.82) is 0 Å². The van der Waals surface area contributed by atoms with Crippen LogP contribution in [0.25, 0.3) is 0 Å². The smallest absolute Gasteiger partial charge is 0.760 e. The molecule has 0 aliphatic rings. The monoisotopic (exact) mass is 182 g/mol.